The summed E-state index contributed by atoms with van der Waals surface area (Å²) in [4.78, 5) is 33.2. The number of piperazine rings is 1. The molecule has 8 heteroatoms. The third-order valence-electron chi connectivity index (χ3n) is 5.88. The van der Waals surface area contributed by atoms with E-state index in [2.05, 4.69) is 15.2 Å². The number of amides is 2. The van der Waals surface area contributed by atoms with E-state index in [9.17, 15) is 14.0 Å². The summed E-state index contributed by atoms with van der Waals surface area (Å²) in [5.41, 5.74) is 0.678. The van der Waals surface area contributed by atoms with Gasteiger partial charge in [0.2, 0.25) is 11.8 Å². The highest BCUT2D eigenvalue weighted by atomic mass is 32.1. The first-order valence-corrected chi connectivity index (χ1v) is 11.2. The van der Waals surface area contributed by atoms with Crippen LogP contribution in [0.1, 0.15) is 38.5 Å². The number of carbonyl (C=O) groups excluding carboxylic acids is 2. The number of fused-ring (bicyclic) bond motifs is 1. The fourth-order valence-electron chi connectivity index (χ4n) is 4.24. The molecule has 0 bridgehead atoms. The minimum atomic E-state index is -0.310. The zero-order valence-corrected chi connectivity index (χ0v) is 17.3. The summed E-state index contributed by atoms with van der Waals surface area (Å²) in [6.45, 7) is 3.04. The fraction of sp³-hybridized carbons (Fsp3) is 0.571. The highest BCUT2D eigenvalue weighted by Crippen LogP contribution is 2.27. The van der Waals surface area contributed by atoms with Gasteiger partial charge in [0.1, 0.15) is 5.82 Å². The van der Waals surface area contributed by atoms with Crippen molar-refractivity contribution in [2.45, 2.75) is 38.5 Å². The van der Waals surface area contributed by atoms with E-state index in [4.69, 9.17) is 0 Å². The van der Waals surface area contributed by atoms with Crippen LogP contribution in [0.25, 0.3) is 10.2 Å². The molecule has 2 amide bonds. The number of hydrogen-bond donors (Lipinski definition) is 1. The van der Waals surface area contributed by atoms with Crippen molar-refractivity contribution in [3.05, 3.63) is 24.0 Å². The van der Waals surface area contributed by atoms with Gasteiger partial charge in [-0.1, -0.05) is 30.6 Å². The molecule has 1 N–H and O–H groups in total. The van der Waals surface area contributed by atoms with Crippen LogP contribution in [-0.2, 0) is 9.59 Å². The maximum absolute atomic E-state index is 13.3. The summed E-state index contributed by atoms with van der Waals surface area (Å²) >= 11 is 1.27. The molecule has 156 valence electrons. The Kier molecular flexibility index (Phi) is 6.40. The van der Waals surface area contributed by atoms with Gasteiger partial charge in [-0.15, -0.1) is 0 Å². The smallest absolute Gasteiger partial charge is 0.240 e. The Morgan fingerprint density at radius 3 is 2.66 bits per heavy atom. The van der Waals surface area contributed by atoms with Gasteiger partial charge in [-0.2, -0.15) is 0 Å². The lowest BCUT2D eigenvalue weighted by molar-refractivity contribution is -0.134. The summed E-state index contributed by atoms with van der Waals surface area (Å²) in [7, 11) is 0. The van der Waals surface area contributed by atoms with E-state index in [1.165, 1.54) is 55.6 Å². The quantitative estimate of drug-likeness (QED) is 0.807. The molecule has 2 fully saturated rings. The van der Waals surface area contributed by atoms with Crippen LogP contribution in [0.15, 0.2) is 18.2 Å². The zero-order chi connectivity index (χ0) is 20.2. The number of benzene rings is 1. The second-order valence-corrected chi connectivity index (χ2v) is 9.07. The normalized spacial score (nSPS) is 18.9. The standard InChI is InChI=1S/C21H27FN4O2S/c22-16-6-7-17-18(13-16)29-21(23-17)24-19(27)14-25-8-10-26(11-9-25)20(28)12-15-4-2-1-3-5-15/h6-7,13,15H,1-5,8-12,14H2,(H,23,24,27). The molecule has 0 unspecified atom stereocenters. The van der Waals surface area contributed by atoms with Crippen molar-refractivity contribution in [3.63, 3.8) is 0 Å². The number of halogens is 1. The number of nitrogens with zero attached hydrogens (tertiary/aromatic N) is 3. The van der Waals surface area contributed by atoms with E-state index < -0.39 is 0 Å². The molecule has 29 heavy (non-hydrogen) atoms. The summed E-state index contributed by atoms with van der Waals surface area (Å²) in [5.74, 6) is 0.381. The Bertz CT molecular complexity index is 873. The fourth-order valence-corrected chi connectivity index (χ4v) is 5.14. The van der Waals surface area contributed by atoms with Crippen molar-refractivity contribution >= 4 is 38.5 Å². The number of thiazole rings is 1. The van der Waals surface area contributed by atoms with Gasteiger partial charge < -0.3 is 10.2 Å². The van der Waals surface area contributed by atoms with Crippen molar-refractivity contribution < 1.29 is 14.0 Å². The van der Waals surface area contributed by atoms with E-state index in [1.807, 2.05) is 4.90 Å². The first kappa shape index (κ1) is 20.2. The van der Waals surface area contributed by atoms with E-state index in [1.54, 1.807) is 6.07 Å². The van der Waals surface area contributed by atoms with Crippen molar-refractivity contribution in [2.75, 3.05) is 38.0 Å². The molecule has 2 aliphatic rings. The molecule has 0 atom stereocenters. The van der Waals surface area contributed by atoms with Gasteiger partial charge in [-0.3, -0.25) is 14.5 Å². The van der Waals surface area contributed by atoms with Crippen molar-refractivity contribution in [1.82, 2.24) is 14.8 Å². The molecule has 1 aromatic heterocycles. The minimum Gasteiger partial charge on any atom is -0.340 e. The molecule has 1 aliphatic carbocycles. The van der Waals surface area contributed by atoms with Gasteiger partial charge in [0.05, 0.1) is 16.8 Å². The topological polar surface area (TPSA) is 65.5 Å². The first-order chi connectivity index (χ1) is 14.1. The number of nitrogens with one attached hydrogen (secondary N) is 1. The molecule has 2 aromatic rings. The van der Waals surface area contributed by atoms with E-state index in [0.717, 1.165) is 0 Å². The van der Waals surface area contributed by atoms with Gasteiger partial charge >= 0.3 is 0 Å². The number of carbonyl (C=O) groups is 2. The van der Waals surface area contributed by atoms with Crippen LogP contribution in [0.4, 0.5) is 9.52 Å². The molecule has 2 heterocycles. The lowest BCUT2D eigenvalue weighted by Gasteiger charge is -2.35. The molecular formula is C21H27FN4O2S. The Balaban J connectivity index is 1.22. The number of aromatic nitrogens is 1. The van der Waals surface area contributed by atoms with Crippen LogP contribution < -0.4 is 5.32 Å². The van der Waals surface area contributed by atoms with Crippen LogP contribution in [0.3, 0.4) is 0 Å². The second-order valence-electron chi connectivity index (χ2n) is 8.04. The Morgan fingerprint density at radius 1 is 1.14 bits per heavy atom. The van der Waals surface area contributed by atoms with Crippen molar-refractivity contribution in [3.8, 4) is 0 Å². The molecule has 1 saturated carbocycles. The number of anilines is 1. The molecule has 6 nitrogen and oxygen atoms in total. The van der Waals surface area contributed by atoms with Crippen molar-refractivity contribution in [2.24, 2.45) is 5.92 Å². The molecule has 4 rings (SSSR count). The SMILES string of the molecule is O=C(CN1CCN(C(=O)CC2CCCCC2)CC1)Nc1nc2ccc(F)cc2s1. The van der Waals surface area contributed by atoms with E-state index in [0.29, 0.717) is 53.9 Å². The van der Waals surface area contributed by atoms with Crippen LogP contribution in [0.2, 0.25) is 0 Å². The van der Waals surface area contributed by atoms with E-state index in [-0.39, 0.29) is 24.2 Å². The maximum atomic E-state index is 13.3. The molecular weight excluding hydrogens is 391 g/mol. The Morgan fingerprint density at radius 2 is 1.90 bits per heavy atom. The predicted octanol–water partition coefficient (Wildman–Crippen LogP) is 3.49. The Labute approximate surface area is 174 Å². The number of hydrogen-bond acceptors (Lipinski definition) is 5. The summed E-state index contributed by atoms with van der Waals surface area (Å²) in [6.07, 6.45) is 6.86. The Hall–Kier alpha value is -2.06. The van der Waals surface area contributed by atoms with Gasteiger partial charge in [0.15, 0.2) is 5.13 Å². The largest absolute Gasteiger partial charge is 0.340 e. The first-order valence-electron chi connectivity index (χ1n) is 10.4. The molecule has 1 aliphatic heterocycles. The van der Waals surface area contributed by atoms with Gasteiger partial charge in [-0.25, -0.2) is 9.37 Å². The van der Waals surface area contributed by atoms with E-state index >= 15 is 0 Å². The van der Waals surface area contributed by atoms with Crippen molar-refractivity contribution in [1.29, 1.82) is 0 Å². The summed E-state index contributed by atoms with van der Waals surface area (Å²) in [6, 6.07) is 4.40. The highest BCUT2D eigenvalue weighted by Gasteiger charge is 2.25. The monoisotopic (exact) mass is 418 g/mol. The maximum Gasteiger partial charge on any atom is 0.240 e. The predicted molar refractivity (Wildman–Crippen MR) is 112 cm³/mol. The molecule has 0 radical (unpaired) electrons. The van der Waals surface area contributed by atoms with Crippen LogP contribution >= 0.6 is 11.3 Å². The zero-order valence-electron chi connectivity index (χ0n) is 16.5. The average molecular weight is 419 g/mol. The summed E-state index contributed by atoms with van der Waals surface area (Å²) in [5, 5.41) is 3.29. The van der Waals surface area contributed by atoms with Crippen LogP contribution in [-0.4, -0.2) is 59.3 Å². The van der Waals surface area contributed by atoms with Gasteiger partial charge in [0.25, 0.3) is 0 Å². The number of rotatable bonds is 5. The minimum absolute atomic E-state index is 0.133. The highest BCUT2D eigenvalue weighted by molar-refractivity contribution is 7.22. The third kappa shape index (κ3) is 5.30. The lowest BCUT2D eigenvalue weighted by atomic mass is 9.86. The second kappa shape index (κ2) is 9.17. The third-order valence-corrected chi connectivity index (χ3v) is 6.81. The molecule has 1 aromatic carbocycles. The average Bonchev–Trinajstić information content (AvgIpc) is 3.10. The van der Waals surface area contributed by atoms with Crippen LogP contribution in [0.5, 0.6) is 0 Å². The van der Waals surface area contributed by atoms with Gasteiger partial charge in [0, 0.05) is 32.6 Å². The lowest BCUT2D eigenvalue weighted by Crippen LogP contribution is -2.50. The summed E-state index contributed by atoms with van der Waals surface area (Å²) < 4.78 is 14.0. The van der Waals surface area contributed by atoms with Gasteiger partial charge in [-0.05, 0) is 37.0 Å². The molecule has 1 saturated heterocycles. The molecule has 0 spiro atoms. The van der Waals surface area contributed by atoms with Crippen LogP contribution in [0, 0.1) is 11.7 Å².